The quantitative estimate of drug-likeness (QED) is 0.616. The predicted octanol–water partition coefficient (Wildman–Crippen LogP) is 2.85. The fraction of sp³-hybridized carbons (Fsp3) is 0.750. The smallest absolute Gasteiger partial charge is 0.323 e. The maximum absolute atomic E-state index is 11.4. The Morgan fingerprint density at radius 2 is 2.14 bits per heavy atom. The van der Waals surface area contributed by atoms with E-state index in [-0.39, 0.29) is 0 Å². The second-order valence-corrected chi connectivity index (χ2v) is 5.81. The Balaban J connectivity index is 2.40. The molecule has 0 aromatic carbocycles. The first kappa shape index (κ1) is 17.7. The van der Waals surface area contributed by atoms with Crippen LogP contribution in [0.25, 0.3) is 0 Å². The first-order chi connectivity index (χ1) is 10.0. The number of aromatic nitrogens is 2. The molecule has 1 heterocycles. The lowest BCUT2D eigenvalue weighted by Gasteiger charge is -2.26. The van der Waals surface area contributed by atoms with Crippen molar-refractivity contribution in [3.8, 4) is 0 Å². The van der Waals surface area contributed by atoms with Crippen LogP contribution in [0, 0.1) is 0 Å². The fourth-order valence-electron chi connectivity index (χ4n) is 2.43. The molecule has 5 heteroatoms. The summed E-state index contributed by atoms with van der Waals surface area (Å²) in [6.45, 7) is 7.63. The number of nitrogens with zero attached hydrogens (tertiary/aromatic N) is 2. The van der Waals surface area contributed by atoms with Crippen molar-refractivity contribution in [2.45, 2.75) is 71.4 Å². The van der Waals surface area contributed by atoms with E-state index in [2.05, 4.69) is 21.8 Å². The van der Waals surface area contributed by atoms with Crippen LogP contribution < -0.4 is 5.32 Å². The van der Waals surface area contributed by atoms with Crippen molar-refractivity contribution in [1.82, 2.24) is 14.9 Å². The Bertz CT molecular complexity index is 431. The number of unbranched alkanes of at least 4 members (excludes halogenated alkanes) is 1. The minimum absolute atomic E-state index is 0.653. The van der Waals surface area contributed by atoms with Crippen molar-refractivity contribution in [3.63, 3.8) is 0 Å². The third-order valence-corrected chi connectivity index (χ3v) is 3.84. The van der Waals surface area contributed by atoms with Crippen LogP contribution in [0.2, 0.25) is 0 Å². The number of aliphatic carboxylic acids is 1. The lowest BCUT2D eigenvalue weighted by atomic mass is 9.94. The van der Waals surface area contributed by atoms with E-state index >= 15 is 0 Å². The molecule has 21 heavy (non-hydrogen) atoms. The summed E-state index contributed by atoms with van der Waals surface area (Å²) < 4.78 is 2.18. The van der Waals surface area contributed by atoms with Gasteiger partial charge in [0.05, 0.1) is 0 Å². The van der Waals surface area contributed by atoms with E-state index in [9.17, 15) is 9.90 Å². The SMILES string of the molecule is CCCNC(C)(CCCCn1ccnc1CCC)C(=O)O. The molecule has 0 bridgehead atoms. The number of hydrogen-bond donors (Lipinski definition) is 2. The van der Waals surface area contributed by atoms with Crippen LogP contribution in [0.4, 0.5) is 0 Å². The van der Waals surface area contributed by atoms with Crippen LogP contribution >= 0.6 is 0 Å². The molecule has 2 N–H and O–H groups in total. The molecule has 1 atom stereocenters. The number of carboxylic acids is 1. The molecule has 0 spiro atoms. The van der Waals surface area contributed by atoms with Crippen LogP contribution in [0.1, 0.15) is 58.7 Å². The summed E-state index contributed by atoms with van der Waals surface area (Å²) in [6, 6.07) is 0. The number of rotatable bonds is 11. The summed E-state index contributed by atoms with van der Waals surface area (Å²) in [7, 11) is 0. The topological polar surface area (TPSA) is 67.2 Å². The molecular formula is C16H29N3O2. The van der Waals surface area contributed by atoms with Gasteiger partial charge in [-0.2, -0.15) is 0 Å². The Labute approximate surface area is 127 Å². The summed E-state index contributed by atoms with van der Waals surface area (Å²) >= 11 is 0. The lowest BCUT2D eigenvalue weighted by molar-refractivity contribution is -0.144. The van der Waals surface area contributed by atoms with E-state index in [1.54, 1.807) is 6.92 Å². The van der Waals surface area contributed by atoms with E-state index < -0.39 is 11.5 Å². The third-order valence-electron chi connectivity index (χ3n) is 3.84. The first-order valence-corrected chi connectivity index (χ1v) is 8.02. The number of hydrogen-bond acceptors (Lipinski definition) is 3. The maximum Gasteiger partial charge on any atom is 0.323 e. The second kappa shape index (κ2) is 8.82. The van der Waals surface area contributed by atoms with E-state index in [0.29, 0.717) is 6.42 Å². The van der Waals surface area contributed by atoms with E-state index in [0.717, 1.165) is 51.0 Å². The molecule has 0 fully saturated rings. The van der Waals surface area contributed by atoms with Crippen molar-refractivity contribution in [3.05, 3.63) is 18.2 Å². The summed E-state index contributed by atoms with van der Waals surface area (Å²) in [5.74, 6) is 0.368. The number of carbonyl (C=O) groups is 1. The number of nitrogens with one attached hydrogen (secondary N) is 1. The van der Waals surface area contributed by atoms with Crippen LogP contribution in [0.3, 0.4) is 0 Å². The minimum atomic E-state index is -0.808. The molecule has 1 aromatic heterocycles. The van der Waals surface area contributed by atoms with Crippen molar-refractivity contribution < 1.29 is 9.90 Å². The van der Waals surface area contributed by atoms with E-state index in [1.165, 1.54) is 0 Å². The molecule has 0 aliphatic rings. The van der Waals surface area contributed by atoms with Gasteiger partial charge in [0.15, 0.2) is 0 Å². The predicted molar refractivity (Wildman–Crippen MR) is 84.4 cm³/mol. The Morgan fingerprint density at radius 1 is 1.38 bits per heavy atom. The zero-order valence-electron chi connectivity index (χ0n) is 13.6. The van der Waals surface area contributed by atoms with Crippen molar-refractivity contribution in [1.29, 1.82) is 0 Å². The molecule has 0 aliphatic carbocycles. The largest absolute Gasteiger partial charge is 0.480 e. The number of imidazole rings is 1. The molecule has 1 unspecified atom stereocenters. The zero-order valence-corrected chi connectivity index (χ0v) is 13.6. The number of carboxylic acid groups (broad SMARTS) is 1. The molecule has 5 nitrogen and oxygen atoms in total. The van der Waals surface area contributed by atoms with Gasteiger partial charge in [-0.1, -0.05) is 13.8 Å². The van der Waals surface area contributed by atoms with Gasteiger partial charge < -0.3 is 15.0 Å². The normalized spacial score (nSPS) is 14.0. The van der Waals surface area contributed by atoms with Crippen LogP contribution in [0.5, 0.6) is 0 Å². The van der Waals surface area contributed by atoms with Gasteiger partial charge in [0, 0.05) is 25.4 Å². The minimum Gasteiger partial charge on any atom is -0.480 e. The highest BCUT2D eigenvalue weighted by molar-refractivity contribution is 5.78. The van der Waals surface area contributed by atoms with Crippen LogP contribution in [-0.4, -0.2) is 32.7 Å². The van der Waals surface area contributed by atoms with Gasteiger partial charge in [0.1, 0.15) is 11.4 Å². The Kier molecular flexibility index (Phi) is 7.43. The standard InChI is InChI=1S/C16H29N3O2/c1-4-8-14-17-11-13-19(14)12-7-6-9-16(3,15(20)21)18-10-5-2/h11,13,18H,4-10,12H2,1-3H3,(H,20,21). The molecule has 0 aliphatic heterocycles. The van der Waals surface area contributed by atoms with Gasteiger partial charge in [0.25, 0.3) is 0 Å². The summed E-state index contributed by atoms with van der Waals surface area (Å²) in [6.07, 6.45) is 9.41. The highest BCUT2D eigenvalue weighted by atomic mass is 16.4. The van der Waals surface area contributed by atoms with Gasteiger partial charge in [-0.05, 0) is 45.6 Å². The van der Waals surface area contributed by atoms with E-state index in [1.807, 2.05) is 19.3 Å². The van der Waals surface area contributed by atoms with Gasteiger partial charge in [-0.25, -0.2) is 4.98 Å². The molecule has 0 radical (unpaired) electrons. The monoisotopic (exact) mass is 295 g/mol. The van der Waals surface area contributed by atoms with Crippen LogP contribution in [-0.2, 0) is 17.8 Å². The lowest BCUT2D eigenvalue weighted by Crippen LogP contribution is -2.49. The van der Waals surface area contributed by atoms with Crippen LogP contribution in [0.15, 0.2) is 12.4 Å². The zero-order chi connectivity index (χ0) is 15.7. The van der Waals surface area contributed by atoms with Crippen molar-refractivity contribution in [2.75, 3.05) is 6.54 Å². The Hall–Kier alpha value is -1.36. The highest BCUT2D eigenvalue weighted by Crippen LogP contribution is 2.15. The maximum atomic E-state index is 11.4. The highest BCUT2D eigenvalue weighted by Gasteiger charge is 2.31. The second-order valence-electron chi connectivity index (χ2n) is 5.81. The van der Waals surface area contributed by atoms with Gasteiger partial charge in [-0.15, -0.1) is 0 Å². The average molecular weight is 295 g/mol. The van der Waals surface area contributed by atoms with E-state index in [4.69, 9.17) is 0 Å². The number of aryl methyl sites for hydroxylation is 2. The molecule has 0 saturated carbocycles. The fourth-order valence-corrected chi connectivity index (χ4v) is 2.43. The first-order valence-electron chi connectivity index (χ1n) is 8.02. The van der Waals surface area contributed by atoms with Crippen molar-refractivity contribution in [2.24, 2.45) is 0 Å². The Morgan fingerprint density at radius 3 is 2.76 bits per heavy atom. The molecule has 120 valence electrons. The van der Waals surface area contributed by atoms with Crippen molar-refractivity contribution >= 4 is 5.97 Å². The molecule has 0 amide bonds. The molecule has 1 rings (SSSR count). The average Bonchev–Trinajstić information content (AvgIpc) is 2.89. The third kappa shape index (κ3) is 5.50. The van der Waals surface area contributed by atoms with Gasteiger partial charge in [-0.3, -0.25) is 4.79 Å². The summed E-state index contributed by atoms with van der Waals surface area (Å²) in [5, 5.41) is 12.5. The summed E-state index contributed by atoms with van der Waals surface area (Å²) in [4.78, 5) is 15.8. The molecular weight excluding hydrogens is 266 g/mol. The van der Waals surface area contributed by atoms with Gasteiger partial charge in [0.2, 0.25) is 0 Å². The molecule has 1 aromatic rings. The molecule has 0 saturated heterocycles. The van der Waals surface area contributed by atoms with Gasteiger partial charge >= 0.3 is 5.97 Å². The summed E-state index contributed by atoms with van der Waals surface area (Å²) in [5.41, 5.74) is -0.808.